The van der Waals surface area contributed by atoms with Gasteiger partial charge in [-0.15, -0.1) is 0 Å². The average molecular weight is 354 g/mol. The molecule has 3 rings (SSSR count). The fourth-order valence-electron chi connectivity index (χ4n) is 3.18. The number of ether oxygens (including phenoxy) is 2. The van der Waals surface area contributed by atoms with Gasteiger partial charge in [-0.1, -0.05) is 30.3 Å². The number of carbonyl (C=O) groups excluding carboxylic acids is 1. The van der Waals surface area contributed by atoms with Crippen LogP contribution in [-0.4, -0.2) is 42.1 Å². The van der Waals surface area contributed by atoms with Crippen LogP contribution in [0.1, 0.15) is 35.7 Å². The van der Waals surface area contributed by atoms with Gasteiger partial charge in [0.25, 0.3) is 5.91 Å². The molecule has 138 valence electrons. The summed E-state index contributed by atoms with van der Waals surface area (Å²) < 4.78 is 11.2. The highest BCUT2D eigenvalue weighted by molar-refractivity contribution is 5.94. The maximum Gasteiger partial charge on any atom is 0.255 e. The van der Waals surface area contributed by atoms with E-state index in [1.54, 1.807) is 18.3 Å². The standard InChI is InChI=1S/C21H26N2O3/c1-2-25-15-18-9-6-12-23(14-18)21(24)19-10-11-20(22-13-19)26-16-17-7-4-3-5-8-17/h3-5,7-8,10-11,13,18H,2,6,9,12,14-16H2,1H3/t18-/m0/s1. The Morgan fingerprint density at radius 2 is 2.08 bits per heavy atom. The van der Waals surface area contributed by atoms with Crippen LogP contribution in [0.25, 0.3) is 0 Å². The topological polar surface area (TPSA) is 51.7 Å². The molecule has 2 heterocycles. The van der Waals surface area contributed by atoms with Crippen molar-refractivity contribution in [3.8, 4) is 5.88 Å². The Morgan fingerprint density at radius 1 is 1.23 bits per heavy atom. The number of hydrogen-bond acceptors (Lipinski definition) is 4. The molecule has 1 aliphatic rings. The summed E-state index contributed by atoms with van der Waals surface area (Å²) >= 11 is 0. The molecule has 1 atom stereocenters. The Labute approximate surface area is 155 Å². The molecule has 1 aromatic heterocycles. The zero-order valence-electron chi connectivity index (χ0n) is 15.3. The SMILES string of the molecule is CCOC[C@H]1CCCN(C(=O)c2ccc(OCc3ccccc3)nc2)C1. The van der Waals surface area contributed by atoms with Crippen LogP contribution >= 0.6 is 0 Å². The van der Waals surface area contributed by atoms with E-state index in [0.29, 0.717) is 24.0 Å². The van der Waals surface area contributed by atoms with Gasteiger partial charge in [-0.05, 0) is 37.3 Å². The number of hydrogen-bond donors (Lipinski definition) is 0. The second-order valence-corrected chi connectivity index (χ2v) is 6.58. The van der Waals surface area contributed by atoms with E-state index >= 15 is 0 Å². The van der Waals surface area contributed by atoms with Crippen molar-refractivity contribution >= 4 is 5.91 Å². The minimum Gasteiger partial charge on any atom is -0.473 e. The summed E-state index contributed by atoms with van der Waals surface area (Å²) in [5.74, 6) is 0.987. The molecule has 0 saturated carbocycles. The van der Waals surface area contributed by atoms with E-state index < -0.39 is 0 Å². The van der Waals surface area contributed by atoms with Crippen molar-refractivity contribution < 1.29 is 14.3 Å². The van der Waals surface area contributed by atoms with Crippen molar-refractivity contribution in [3.63, 3.8) is 0 Å². The van der Waals surface area contributed by atoms with Crippen LogP contribution in [0.2, 0.25) is 0 Å². The minimum absolute atomic E-state index is 0.0355. The predicted molar refractivity (Wildman–Crippen MR) is 100 cm³/mol. The van der Waals surface area contributed by atoms with Crippen molar-refractivity contribution in [1.29, 1.82) is 0 Å². The molecule has 1 saturated heterocycles. The van der Waals surface area contributed by atoms with Crippen LogP contribution in [-0.2, 0) is 11.3 Å². The molecule has 26 heavy (non-hydrogen) atoms. The highest BCUT2D eigenvalue weighted by Crippen LogP contribution is 2.19. The average Bonchev–Trinajstić information content (AvgIpc) is 2.71. The molecule has 1 amide bonds. The highest BCUT2D eigenvalue weighted by atomic mass is 16.5. The zero-order valence-corrected chi connectivity index (χ0v) is 15.3. The van der Waals surface area contributed by atoms with Gasteiger partial charge in [0.15, 0.2) is 0 Å². The van der Waals surface area contributed by atoms with Crippen LogP contribution in [0.3, 0.4) is 0 Å². The number of nitrogens with zero attached hydrogens (tertiary/aromatic N) is 2. The summed E-state index contributed by atoms with van der Waals surface area (Å²) in [5, 5.41) is 0. The molecule has 1 fully saturated rings. The molecule has 5 nitrogen and oxygen atoms in total. The van der Waals surface area contributed by atoms with Crippen LogP contribution in [0.5, 0.6) is 5.88 Å². The van der Waals surface area contributed by atoms with Crippen LogP contribution < -0.4 is 4.74 Å². The van der Waals surface area contributed by atoms with Gasteiger partial charge in [0, 0.05) is 32.0 Å². The first-order valence-electron chi connectivity index (χ1n) is 9.26. The smallest absolute Gasteiger partial charge is 0.255 e. The zero-order chi connectivity index (χ0) is 18.2. The number of benzene rings is 1. The summed E-state index contributed by atoms with van der Waals surface area (Å²) in [5.41, 5.74) is 1.69. The first-order valence-corrected chi connectivity index (χ1v) is 9.26. The summed E-state index contributed by atoms with van der Waals surface area (Å²) in [6.07, 6.45) is 3.75. The maximum absolute atomic E-state index is 12.7. The fraction of sp³-hybridized carbons (Fsp3) is 0.429. The minimum atomic E-state index is 0.0355. The lowest BCUT2D eigenvalue weighted by Gasteiger charge is -2.32. The number of likely N-dealkylation sites (tertiary alicyclic amines) is 1. The Morgan fingerprint density at radius 3 is 2.81 bits per heavy atom. The Hall–Kier alpha value is -2.40. The number of amides is 1. The molecular formula is C21H26N2O3. The third kappa shape index (κ3) is 5.05. The van der Waals surface area contributed by atoms with E-state index in [9.17, 15) is 4.79 Å². The van der Waals surface area contributed by atoms with Crippen molar-refractivity contribution in [2.24, 2.45) is 5.92 Å². The van der Waals surface area contributed by atoms with Crippen molar-refractivity contribution in [3.05, 3.63) is 59.8 Å². The molecule has 5 heteroatoms. The summed E-state index contributed by atoms with van der Waals surface area (Å²) in [6, 6.07) is 13.5. The van der Waals surface area contributed by atoms with Gasteiger partial charge in [-0.2, -0.15) is 0 Å². The molecular weight excluding hydrogens is 328 g/mol. The van der Waals surface area contributed by atoms with E-state index in [-0.39, 0.29) is 5.91 Å². The lowest BCUT2D eigenvalue weighted by Crippen LogP contribution is -2.41. The second kappa shape index (κ2) is 9.34. The highest BCUT2D eigenvalue weighted by Gasteiger charge is 2.24. The van der Waals surface area contributed by atoms with E-state index in [1.807, 2.05) is 42.2 Å². The molecule has 0 spiro atoms. The van der Waals surface area contributed by atoms with Crippen LogP contribution in [0.4, 0.5) is 0 Å². The molecule has 0 N–H and O–H groups in total. The third-order valence-corrected chi connectivity index (χ3v) is 4.58. The largest absolute Gasteiger partial charge is 0.473 e. The van der Waals surface area contributed by atoms with E-state index in [0.717, 1.165) is 44.7 Å². The van der Waals surface area contributed by atoms with Crippen LogP contribution in [0, 0.1) is 5.92 Å². The first kappa shape index (κ1) is 18.4. The molecule has 2 aromatic rings. The molecule has 1 aromatic carbocycles. The van der Waals surface area contributed by atoms with E-state index in [1.165, 1.54) is 0 Å². The first-order chi connectivity index (χ1) is 12.8. The second-order valence-electron chi connectivity index (χ2n) is 6.58. The van der Waals surface area contributed by atoms with Gasteiger partial charge in [-0.25, -0.2) is 4.98 Å². The van der Waals surface area contributed by atoms with Crippen molar-refractivity contribution in [2.75, 3.05) is 26.3 Å². The van der Waals surface area contributed by atoms with Crippen molar-refractivity contribution in [1.82, 2.24) is 9.88 Å². The van der Waals surface area contributed by atoms with Crippen LogP contribution in [0.15, 0.2) is 48.7 Å². The monoisotopic (exact) mass is 354 g/mol. The lowest BCUT2D eigenvalue weighted by atomic mass is 9.98. The number of rotatable bonds is 7. The lowest BCUT2D eigenvalue weighted by molar-refractivity contribution is 0.0500. The van der Waals surface area contributed by atoms with Gasteiger partial charge in [0.1, 0.15) is 6.61 Å². The predicted octanol–water partition coefficient (Wildman–Crippen LogP) is 3.55. The quantitative estimate of drug-likeness (QED) is 0.763. The molecule has 0 aliphatic carbocycles. The Balaban J connectivity index is 1.54. The van der Waals surface area contributed by atoms with Gasteiger partial charge in [0.2, 0.25) is 5.88 Å². The summed E-state index contributed by atoms with van der Waals surface area (Å²) in [7, 11) is 0. The normalized spacial score (nSPS) is 17.1. The fourth-order valence-corrected chi connectivity index (χ4v) is 3.18. The summed E-state index contributed by atoms with van der Waals surface area (Å²) in [6.45, 7) is 5.47. The Bertz CT molecular complexity index is 688. The van der Waals surface area contributed by atoms with E-state index in [4.69, 9.17) is 9.47 Å². The molecule has 1 aliphatic heterocycles. The number of pyridine rings is 1. The number of aromatic nitrogens is 1. The molecule has 0 unspecified atom stereocenters. The third-order valence-electron chi connectivity index (χ3n) is 4.58. The van der Waals surface area contributed by atoms with Crippen molar-refractivity contribution in [2.45, 2.75) is 26.4 Å². The van der Waals surface area contributed by atoms with Gasteiger partial charge >= 0.3 is 0 Å². The van der Waals surface area contributed by atoms with E-state index in [2.05, 4.69) is 4.98 Å². The van der Waals surface area contributed by atoms with Gasteiger partial charge < -0.3 is 14.4 Å². The van der Waals surface area contributed by atoms with Gasteiger partial charge in [0.05, 0.1) is 12.2 Å². The number of piperidine rings is 1. The maximum atomic E-state index is 12.7. The molecule has 0 radical (unpaired) electrons. The van der Waals surface area contributed by atoms with Gasteiger partial charge in [-0.3, -0.25) is 4.79 Å². The Kier molecular flexibility index (Phi) is 6.61. The number of carbonyl (C=O) groups is 1. The summed E-state index contributed by atoms with van der Waals surface area (Å²) in [4.78, 5) is 18.9. The molecule has 0 bridgehead atoms.